The summed E-state index contributed by atoms with van der Waals surface area (Å²) in [7, 11) is 0. The molecule has 2 aromatic rings. The van der Waals surface area contributed by atoms with Crippen LogP contribution in [0.25, 0.3) is 5.65 Å². The molecule has 1 amide bonds. The highest BCUT2D eigenvalue weighted by molar-refractivity contribution is 6.29. The summed E-state index contributed by atoms with van der Waals surface area (Å²) in [5, 5.41) is 4.21. The first-order valence-corrected chi connectivity index (χ1v) is 4.02. The highest BCUT2D eigenvalue weighted by Gasteiger charge is 2.05. The predicted octanol–water partition coefficient (Wildman–Crippen LogP) is 0.840. The van der Waals surface area contributed by atoms with Gasteiger partial charge in [-0.25, -0.2) is 9.31 Å². The van der Waals surface area contributed by atoms with Crippen LogP contribution in [0.2, 0.25) is 5.15 Å². The zero-order valence-electron chi connectivity index (χ0n) is 6.85. The standard InChI is InChI=1S/C7H5ClN4O2/c8-4-1-2-5-10-6(14-7(9)13)3-12(5)11-4/h1-3H,(H2,9,13). The fourth-order valence-corrected chi connectivity index (χ4v) is 1.13. The second-order valence-electron chi connectivity index (χ2n) is 2.46. The van der Waals surface area contributed by atoms with Crippen LogP contribution >= 0.6 is 11.6 Å². The molecule has 0 bridgehead atoms. The molecule has 72 valence electrons. The average Bonchev–Trinajstić information content (AvgIpc) is 2.44. The number of nitrogens with two attached hydrogens (primary N) is 1. The first kappa shape index (κ1) is 8.76. The minimum absolute atomic E-state index is 0.0901. The van der Waals surface area contributed by atoms with E-state index >= 15 is 0 Å². The summed E-state index contributed by atoms with van der Waals surface area (Å²) in [6.45, 7) is 0. The van der Waals surface area contributed by atoms with Crippen molar-refractivity contribution in [3.63, 3.8) is 0 Å². The molecule has 0 unspecified atom stereocenters. The molecule has 0 radical (unpaired) electrons. The lowest BCUT2D eigenvalue weighted by molar-refractivity contribution is 0.209. The maximum atomic E-state index is 10.4. The van der Waals surface area contributed by atoms with Crippen molar-refractivity contribution in [2.75, 3.05) is 0 Å². The Labute approximate surface area is 83.2 Å². The zero-order chi connectivity index (χ0) is 10.1. The van der Waals surface area contributed by atoms with E-state index in [1.165, 1.54) is 10.7 Å². The minimum atomic E-state index is -0.917. The van der Waals surface area contributed by atoms with E-state index in [4.69, 9.17) is 17.3 Å². The smallest absolute Gasteiger partial charge is 0.390 e. The summed E-state index contributed by atoms with van der Waals surface area (Å²) in [5.41, 5.74) is 5.34. The first-order valence-electron chi connectivity index (χ1n) is 3.64. The number of carbonyl (C=O) groups excluding carboxylic acids is 1. The summed E-state index contributed by atoms with van der Waals surface area (Å²) in [5.74, 6) is 0.0901. The van der Waals surface area contributed by atoms with E-state index in [-0.39, 0.29) is 5.88 Å². The number of halogens is 1. The lowest BCUT2D eigenvalue weighted by Gasteiger charge is -1.90. The Bertz CT molecular complexity index is 495. The second-order valence-corrected chi connectivity index (χ2v) is 2.85. The number of carbonyl (C=O) groups is 1. The van der Waals surface area contributed by atoms with Gasteiger partial charge in [-0.2, -0.15) is 10.1 Å². The van der Waals surface area contributed by atoms with Gasteiger partial charge in [0.2, 0.25) is 5.88 Å². The molecular formula is C7H5ClN4O2. The van der Waals surface area contributed by atoms with Crippen LogP contribution in [0.1, 0.15) is 0 Å². The molecule has 2 aromatic heterocycles. The fourth-order valence-electron chi connectivity index (χ4n) is 0.989. The number of hydrogen-bond acceptors (Lipinski definition) is 4. The van der Waals surface area contributed by atoms with Crippen LogP contribution in [-0.2, 0) is 0 Å². The van der Waals surface area contributed by atoms with E-state index in [9.17, 15) is 4.79 Å². The molecular weight excluding hydrogens is 208 g/mol. The molecule has 0 aliphatic heterocycles. The Hall–Kier alpha value is -1.82. The first-order chi connectivity index (χ1) is 6.65. The molecule has 0 aromatic carbocycles. The van der Waals surface area contributed by atoms with E-state index in [2.05, 4.69) is 14.8 Å². The molecule has 0 aliphatic carbocycles. The summed E-state index contributed by atoms with van der Waals surface area (Å²) in [4.78, 5) is 14.3. The van der Waals surface area contributed by atoms with Gasteiger partial charge in [0.05, 0.1) is 6.20 Å². The number of rotatable bonds is 1. The third-order valence-electron chi connectivity index (χ3n) is 1.47. The topological polar surface area (TPSA) is 82.5 Å². The van der Waals surface area contributed by atoms with Gasteiger partial charge in [-0.1, -0.05) is 11.6 Å². The number of hydrogen-bond donors (Lipinski definition) is 1. The maximum Gasteiger partial charge on any atom is 0.411 e. The van der Waals surface area contributed by atoms with Crippen LogP contribution in [0.3, 0.4) is 0 Å². The highest BCUT2D eigenvalue weighted by Crippen LogP contribution is 2.12. The molecule has 0 saturated heterocycles. The van der Waals surface area contributed by atoms with Gasteiger partial charge in [-0.15, -0.1) is 0 Å². The average molecular weight is 213 g/mol. The Balaban J connectivity index is 2.46. The van der Waals surface area contributed by atoms with Gasteiger partial charge in [0.15, 0.2) is 5.65 Å². The summed E-state index contributed by atoms with van der Waals surface area (Å²) >= 11 is 5.64. The molecule has 0 atom stereocenters. The number of nitrogens with zero attached hydrogens (tertiary/aromatic N) is 3. The number of imidazole rings is 1. The highest BCUT2D eigenvalue weighted by atomic mass is 35.5. The van der Waals surface area contributed by atoms with E-state index in [0.29, 0.717) is 10.8 Å². The summed E-state index contributed by atoms with van der Waals surface area (Å²) in [6, 6.07) is 3.22. The maximum absolute atomic E-state index is 10.4. The minimum Gasteiger partial charge on any atom is -0.390 e. The summed E-state index contributed by atoms with van der Waals surface area (Å²) in [6.07, 6.45) is 0.492. The largest absolute Gasteiger partial charge is 0.411 e. The fraction of sp³-hybridized carbons (Fsp3) is 0. The van der Waals surface area contributed by atoms with Crippen LogP contribution in [0, 0.1) is 0 Å². The molecule has 2 rings (SSSR count). The van der Waals surface area contributed by atoms with Gasteiger partial charge < -0.3 is 10.5 Å². The summed E-state index contributed by atoms with van der Waals surface area (Å²) < 4.78 is 5.95. The van der Waals surface area contributed by atoms with Gasteiger partial charge in [-0.05, 0) is 12.1 Å². The number of ether oxygens (including phenoxy) is 1. The molecule has 0 fully saturated rings. The van der Waals surface area contributed by atoms with Crippen molar-refractivity contribution in [1.29, 1.82) is 0 Å². The number of aromatic nitrogens is 3. The van der Waals surface area contributed by atoms with Crippen molar-refractivity contribution >= 4 is 23.3 Å². The van der Waals surface area contributed by atoms with Crippen LogP contribution in [0.15, 0.2) is 18.3 Å². The normalized spacial score (nSPS) is 10.4. The van der Waals surface area contributed by atoms with Crippen LogP contribution in [0.4, 0.5) is 4.79 Å². The van der Waals surface area contributed by atoms with E-state index in [1.807, 2.05) is 0 Å². The van der Waals surface area contributed by atoms with Gasteiger partial charge in [0, 0.05) is 0 Å². The molecule has 2 N–H and O–H groups in total. The molecule has 2 heterocycles. The number of primary amides is 1. The number of amides is 1. The van der Waals surface area contributed by atoms with Crippen molar-refractivity contribution in [3.8, 4) is 5.88 Å². The molecule has 0 saturated carbocycles. The quantitative estimate of drug-likeness (QED) is 0.759. The Morgan fingerprint density at radius 2 is 2.36 bits per heavy atom. The van der Waals surface area contributed by atoms with Crippen LogP contribution < -0.4 is 10.5 Å². The third-order valence-corrected chi connectivity index (χ3v) is 1.67. The second kappa shape index (κ2) is 3.15. The molecule has 6 nitrogen and oxygen atoms in total. The Kier molecular flexibility index (Phi) is 1.97. The van der Waals surface area contributed by atoms with E-state index in [0.717, 1.165) is 0 Å². The van der Waals surface area contributed by atoms with E-state index < -0.39 is 6.09 Å². The van der Waals surface area contributed by atoms with Gasteiger partial charge in [-0.3, -0.25) is 0 Å². The van der Waals surface area contributed by atoms with Crippen molar-refractivity contribution in [2.45, 2.75) is 0 Å². The molecule has 14 heavy (non-hydrogen) atoms. The van der Waals surface area contributed by atoms with Gasteiger partial charge in [0.1, 0.15) is 5.15 Å². The van der Waals surface area contributed by atoms with Crippen molar-refractivity contribution in [2.24, 2.45) is 5.73 Å². The number of fused-ring (bicyclic) bond motifs is 1. The van der Waals surface area contributed by atoms with Gasteiger partial charge in [0.25, 0.3) is 0 Å². The van der Waals surface area contributed by atoms with Crippen molar-refractivity contribution < 1.29 is 9.53 Å². The van der Waals surface area contributed by atoms with Crippen molar-refractivity contribution in [3.05, 3.63) is 23.5 Å². The lowest BCUT2D eigenvalue weighted by Crippen LogP contribution is -2.16. The van der Waals surface area contributed by atoms with Crippen LogP contribution in [0.5, 0.6) is 5.88 Å². The molecule has 0 aliphatic rings. The van der Waals surface area contributed by atoms with Crippen LogP contribution in [-0.4, -0.2) is 20.7 Å². The zero-order valence-corrected chi connectivity index (χ0v) is 7.60. The third kappa shape index (κ3) is 1.60. The lowest BCUT2D eigenvalue weighted by atomic mass is 10.6. The Morgan fingerprint density at radius 3 is 3.07 bits per heavy atom. The predicted molar refractivity (Wildman–Crippen MR) is 48.2 cm³/mol. The van der Waals surface area contributed by atoms with Gasteiger partial charge >= 0.3 is 6.09 Å². The Morgan fingerprint density at radius 1 is 1.57 bits per heavy atom. The van der Waals surface area contributed by atoms with E-state index in [1.54, 1.807) is 12.1 Å². The molecule has 0 spiro atoms. The monoisotopic (exact) mass is 212 g/mol. The molecule has 7 heteroatoms. The van der Waals surface area contributed by atoms with Crippen molar-refractivity contribution in [1.82, 2.24) is 14.6 Å². The SMILES string of the molecule is NC(=O)Oc1cn2nc(Cl)ccc2n1.